The SMILES string of the molecule is COc1cc(NC(=S)NCCO)cc(OC)c1. The minimum Gasteiger partial charge on any atom is -0.497 e. The van der Waals surface area contributed by atoms with Crippen LogP contribution in [0.15, 0.2) is 18.2 Å². The zero-order valence-electron chi connectivity index (χ0n) is 9.82. The number of aliphatic hydroxyl groups is 1. The van der Waals surface area contributed by atoms with Gasteiger partial charge in [-0.1, -0.05) is 0 Å². The highest BCUT2D eigenvalue weighted by Crippen LogP contribution is 2.25. The van der Waals surface area contributed by atoms with Gasteiger partial charge in [0, 0.05) is 30.4 Å². The summed E-state index contributed by atoms with van der Waals surface area (Å²) in [5.41, 5.74) is 0.761. The molecule has 1 aromatic carbocycles. The van der Waals surface area contributed by atoms with E-state index in [1.807, 2.05) is 0 Å². The van der Waals surface area contributed by atoms with Gasteiger partial charge >= 0.3 is 0 Å². The monoisotopic (exact) mass is 256 g/mol. The van der Waals surface area contributed by atoms with Crippen molar-refractivity contribution in [1.82, 2.24) is 5.32 Å². The Morgan fingerprint density at radius 3 is 2.29 bits per heavy atom. The predicted molar refractivity (Wildman–Crippen MR) is 70.9 cm³/mol. The zero-order valence-corrected chi connectivity index (χ0v) is 10.6. The van der Waals surface area contributed by atoms with E-state index in [-0.39, 0.29) is 6.61 Å². The summed E-state index contributed by atoms with van der Waals surface area (Å²) in [5.74, 6) is 1.36. The van der Waals surface area contributed by atoms with E-state index >= 15 is 0 Å². The van der Waals surface area contributed by atoms with Crippen LogP contribution in [0, 0.1) is 0 Å². The molecule has 0 saturated carbocycles. The summed E-state index contributed by atoms with van der Waals surface area (Å²) in [6, 6.07) is 5.38. The molecule has 0 heterocycles. The maximum atomic E-state index is 8.66. The number of methoxy groups -OCH3 is 2. The van der Waals surface area contributed by atoms with E-state index in [9.17, 15) is 0 Å². The maximum Gasteiger partial charge on any atom is 0.170 e. The molecule has 0 saturated heterocycles. The van der Waals surface area contributed by atoms with Crippen molar-refractivity contribution in [2.45, 2.75) is 0 Å². The Morgan fingerprint density at radius 1 is 1.24 bits per heavy atom. The number of thiocarbonyl (C=S) groups is 1. The molecule has 0 aliphatic rings. The Hall–Kier alpha value is -1.53. The number of ether oxygens (including phenoxy) is 2. The molecular weight excluding hydrogens is 240 g/mol. The van der Waals surface area contributed by atoms with Crippen LogP contribution in [-0.4, -0.2) is 37.6 Å². The highest BCUT2D eigenvalue weighted by molar-refractivity contribution is 7.80. The van der Waals surface area contributed by atoms with Crippen molar-refractivity contribution in [3.63, 3.8) is 0 Å². The van der Waals surface area contributed by atoms with Crippen molar-refractivity contribution < 1.29 is 14.6 Å². The van der Waals surface area contributed by atoms with Crippen LogP contribution in [0.5, 0.6) is 11.5 Å². The molecule has 0 spiro atoms. The number of benzene rings is 1. The Labute approximate surface area is 106 Å². The van der Waals surface area contributed by atoms with E-state index in [0.29, 0.717) is 23.2 Å². The first-order chi connectivity index (χ1) is 8.19. The van der Waals surface area contributed by atoms with E-state index in [1.54, 1.807) is 32.4 Å². The summed E-state index contributed by atoms with van der Waals surface area (Å²) in [5, 5.41) is 14.9. The molecule has 0 radical (unpaired) electrons. The van der Waals surface area contributed by atoms with Gasteiger partial charge in [-0.2, -0.15) is 0 Å². The van der Waals surface area contributed by atoms with E-state index in [4.69, 9.17) is 26.8 Å². The first-order valence-electron chi connectivity index (χ1n) is 5.08. The average Bonchev–Trinajstić information content (AvgIpc) is 2.35. The highest BCUT2D eigenvalue weighted by Gasteiger charge is 2.03. The summed E-state index contributed by atoms with van der Waals surface area (Å²) in [7, 11) is 3.17. The van der Waals surface area contributed by atoms with Gasteiger partial charge in [0.2, 0.25) is 0 Å². The number of rotatable bonds is 5. The molecule has 0 aliphatic heterocycles. The molecule has 0 atom stereocenters. The van der Waals surface area contributed by atoms with E-state index < -0.39 is 0 Å². The van der Waals surface area contributed by atoms with Crippen LogP contribution in [0.25, 0.3) is 0 Å². The Morgan fingerprint density at radius 2 is 1.82 bits per heavy atom. The average molecular weight is 256 g/mol. The largest absolute Gasteiger partial charge is 0.497 e. The molecular formula is C11H16N2O3S. The second kappa shape index (κ2) is 6.93. The Balaban J connectivity index is 2.72. The number of hydrogen-bond acceptors (Lipinski definition) is 4. The topological polar surface area (TPSA) is 62.8 Å². The summed E-state index contributed by atoms with van der Waals surface area (Å²) >= 11 is 5.05. The van der Waals surface area contributed by atoms with Crippen LogP contribution in [0.4, 0.5) is 5.69 Å². The fourth-order valence-corrected chi connectivity index (χ4v) is 1.44. The molecule has 3 N–H and O–H groups in total. The lowest BCUT2D eigenvalue weighted by molar-refractivity contribution is 0.300. The number of nitrogens with one attached hydrogen (secondary N) is 2. The lowest BCUT2D eigenvalue weighted by atomic mass is 10.3. The van der Waals surface area contributed by atoms with Crippen LogP contribution in [0.2, 0.25) is 0 Å². The van der Waals surface area contributed by atoms with Crippen LogP contribution in [0.3, 0.4) is 0 Å². The normalized spacial score (nSPS) is 9.59. The third-order valence-corrected chi connectivity index (χ3v) is 2.25. The minimum absolute atomic E-state index is 0.0310. The zero-order chi connectivity index (χ0) is 12.7. The van der Waals surface area contributed by atoms with Crippen molar-refractivity contribution in [1.29, 1.82) is 0 Å². The van der Waals surface area contributed by atoms with Gasteiger partial charge in [-0.25, -0.2) is 0 Å². The molecule has 94 valence electrons. The number of aliphatic hydroxyl groups excluding tert-OH is 1. The Kier molecular flexibility index (Phi) is 5.51. The highest BCUT2D eigenvalue weighted by atomic mass is 32.1. The van der Waals surface area contributed by atoms with Crippen molar-refractivity contribution in [2.24, 2.45) is 0 Å². The van der Waals surface area contributed by atoms with Gasteiger partial charge in [-0.05, 0) is 12.2 Å². The van der Waals surface area contributed by atoms with Gasteiger partial charge in [0.05, 0.1) is 20.8 Å². The molecule has 0 bridgehead atoms. The molecule has 0 aliphatic carbocycles. The summed E-state index contributed by atoms with van der Waals surface area (Å²) in [4.78, 5) is 0. The summed E-state index contributed by atoms with van der Waals surface area (Å²) in [6.45, 7) is 0.441. The standard InChI is InChI=1S/C11H16N2O3S/c1-15-9-5-8(6-10(7-9)16-2)13-11(17)12-3-4-14/h5-7,14H,3-4H2,1-2H3,(H2,12,13,17). The summed E-state index contributed by atoms with van der Waals surface area (Å²) < 4.78 is 10.3. The maximum absolute atomic E-state index is 8.66. The van der Waals surface area contributed by atoms with E-state index in [2.05, 4.69) is 10.6 Å². The van der Waals surface area contributed by atoms with Gasteiger partial charge < -0.3 is 25.2 Å². The number of anilines is 1. The van der Waals surface area contributed by atoms with Crippen LogP contribution >= 0.6 is 12.2 Å². The van der Waals surface area contributed by atoms with Gasteiger partial charge in [-0.15, -0.1) is 0 Å². The van der Waals surface area contributed by atoms with Gasteiger partial charge in [0.1, 0.15) is 11.5 Å². The molecule has 0 amide bonds. The summed E-state index contributed by atoms with van der Waals surface area (Å²) in [6.07, 6.45) is 0. The lowest BCUT2D eigenvalue weighted by Gasteiger charge is -2.12. The molecule has 1 aromatic rings. The molecule has 0 fully saturated rings. The molecule has 17 heavy (non-hydrogen) atoms. The second-order valence-corrected chi connectivity index (χ2v) is 3.61. The van der Waals surface area contributed by atoms with Crippen molar-refractivity contribution in [3.8, 4) is 11.5 Å². The number of hydrogen-bond donors (Lipinski definition) is 3. The minimum atomic E-state index is 0.0310. The van der Waals surface area contributed by atoms with E-state index in [1.165, 1.54) is 0 Å². The molecule has 1 rings (SSSR count). The van der Waals surface area contributed by atoms with Gasteiger partial charge in [-0.3, -0.25) is 0 Å². The predicted octanol–water partition coefficient (Wildman–Crippen LogP) is 0.982. The van der Waals surface area contributed by atoms with Crippen molar-refractivity contribution in [3.05, 3.63) is 18.2 Å². The van der Waals surface area contributed by atoms with Gasteiger partial charge in [0.25, 0.3) is 0 Å². The first kappa shape index (κ1) is 13.5. The van der Waals surface area contributed by atoms with Crippen LogP contribution in [-0.2, 0) is 0 Å². The van der Waals surface area contributed by atoms with Crippen LogP contribution in [0.1, 0.15) is 0 Å². The Bertz CT molecular complexity index is 363. The molecule has 0 aromatic heterocycles. The van der Waals surface area contributed by atoms with Crippen molar-refractivity contribution >= 4 is 23.0 Å². The molecule has 6 heteroatoms. The first-order valence-corrected chi connectivity index (χ1v) is 5.49. The second-order valence-electron chi connectivity index (χ2n) is 3.21. The lowest BCUT2D eigenvalue weighted by Crippen LogP contribution is -2.30. The van der Waals surface area contributed by atoms with Gasteiger partial charge in [0.15, 0.2) is 5.11 Å². The smallest absolute Gasteiger partial charge is 0.170 e. The molecule has 0 unspecified atom stereocenters. The fraction of sp³-hybridized carbons (Fsp3) is 0.364. The quantitative estimate of drug-likeness (QED) is 0.683. The van der Waals surface area contributed by atoms with Crippen molar-refractivity contribution in [2.75, 3.05) is 32.7 Å². The third kappa shape index (κ3) is 4.46. The van der Waals surface area contributed by atoms with Crippen LogP contribution < -0.4 is 20.1 Å². The fourth-order valence-electron chi connectivity index (χ4n) is 1.22. The molecule has 5 nitrogen and oxygen atoms in total. The van der Waals surface area contributed by atoms with E-state index in [0.717, 1.165) is 5.69 Å². The third-order valence-electron chi connectivity index (χ3n) is 2.01.